The molecule has 1 N–H and O–H groups in total. The number of halogens is 1. The van der Waals surface area contributed by atoms with Crippen LogP contribution in [0.25, 0.3) is 0 Å². The molecule has 2 unspecified atom stereocenters. The lowest BCUT2D eigenvalue weighted by atomic mass is 9.91. The highest BCUT2D eigenvalue weighted by molar-refractivity contribution is 5.33. The topological polar surface area (TPSA) is 37.8 Å². The SMILES string of the molecule is CCNC(c1ccncc1F)C1CCc2cccnc21. The van der Waals surface area contributed by atoms with Crippen molar-refractivity contribution in [2.24, 2.45) is 0 Å². The van der Waals surface area contributed by atoms with E-state index in [9.17, 15) is 4.39 Å². The summed E-state index contributed by atoms with van der Waals surface area (Å²) in [5.74, 6) is -0.0223. The molecule has 0 saturated carbocycles. The van der Waals surface area contributed by atoms with Crippen LogP contribution in [0.15, 0.2) is 36.8 Å². The smallest absolute Gasteiger partial charge is 0.146 e. The van der Waals surface area contributed by atoms with Gasteiger partial charge in [0, 0.05) is 35.6 Å². The first-order chi connectivity index (χ1) is 9.81. The van der Waals surface area contributed by atoms with Gasteiger partial charge in [0.15, 0.2) is 0 Å². The van der Waals surface area contributed by atoms with Gasteiger partial charge in [-0.1, -0.05) is 13.0 Å². The minimum Gasteiger partial charge on any atom is -0.310 e. The van der Waals surface area contributed by atoms with Crippen LogP contribution in [0.5, 0.6) is 0 Å². The molecule has 2 aromatic heterocycles. The van der Waals surface area contributed by atoms with Crippen LogP contribution in [0, 0.1) is 5.82 Å². The van der Waals surface area contributed by atoms with Crippen LogP contribution in [0.3, 0.4) is 0 Å². The molecule has 0 radical (unpaired) electrons. The zero-order valence-electron chi connectivity index (χ0n) is 11.5. The van der Waals surface area contributed by atoms with Gasteiger partial charge in [0.2, 0.25) is 0 Å². The number of likely N-dealkylation sites (N-methyl/N-ethyl adjacent to an activating group) is 1. The van der Waals surface area contributed by atoms with Gasteiger partial charge >= 0.3 is 0 Å². The number of fused-ring (bicyclic) bond motifs is 1. The molecule has 2 heterocycles. The number of nitrogens with zero attached hydrogens (tertiary/aromatic N) is 2. The van der Waals surface area contributed by atoms with E-state index in [2.05, 4.69) is 21.4 Å². The molecular weight excluding hydrogens is 253 g/mol. The summed E-state index contributed by atoms with van der Waals surface area (Å²) in [6.07, 6.45) is 6.78. The number of hydrogen-bond acceptors (Lipinski definition) is 3. The second-order valence-corrected chi connectivity index (χ2v) is 5.13. The molecular formula is C16H18FN3. The standard InChI is InChI=1S/C16H18FN3/c1-2-19-16(12-7-9-18-10-14(12)17)13-6-5-11-4-3-8-20-15(11)13/h3-4,7-10,13,16,19H,2,5-6H2,1H3. The summed E-state index contributed by atoms with van der Waals surface area (Å²) < 4.78 is 14.1. The van der Waals surface area contributed by atoms with Gasteiger partial charge in [-0.3, -0.25) is 9.97 Å². The molecule has 2 aromatic rings. The van der Waals surface area contributed by atoms with Crippen molar-refractivity contribution in [2.75, 3.05) is 6.54 Å². The molecule has 1 aliphatic rings. The first-order valence-corrected chi connectivity index (χ1v) is 7.08. The Balaban J connectivity index is 1.99. The average Bonchev–Trinajstić information content (AvgIpc) is 2.90. The normalized spacial score (nSPS) is 18.8. The van der Waals surface area contributed by atoms with E-state index in [0.717, 1.165) is 25.1 Å². The van der Waals surface area contributed by atoms with Gasteiger partial charge in [0.05, 0.1) is 6.20 Å². The zero-order valence-corrected chi connectivity index (χ0v) is 11.5. The molecule has 0 amide bonds. The maximum absolute atomic E-state index is 14.1. The maximum Gasteiger partial charge on any atom is 0.146 e. The Bertz CT molecular complexity index is 600. The molecule has 20 heavy (non-hydrogen) atoms. The van der Waals surface area contributed by atoms with Gasteiger partial charge in [-0.05, 0) is 37.1 Å². The van der Waals surface area contributed by atoms with Crippen LogP contribution in [-0.4, -0.2) is 16.5 Å². The number of nitrogens with one attached hydrogen (secondary N) is 1. The van der Waals surface area contributed by atoms with Gasteiger partial charge in [-0.25, -0.2) is 4.39 Å². The number of pyridine rings is 2. The highest BCUT2D eigenvalue weighted by atomic mass is 19.1. The lowest BCUT2D eigenvalue weighted by Gasteiger charge is -2.25. The fourth-order valence-electron chi connectivity index (χ4n) is 3.10. The van der Waals surface area contributed by atoms with E-state index in [1.54, 1.807) is 12.3 Å². The molecule has 3 nitrogen and oxygen atoms in total. The summed E-state index contributed by atoms with van der Waals surface area (Å²) in [6.45, 7) is 2.84. The van der Waals surface area contributed by atoms with Crippen LogP contribution in [-0.2, 0) is 6.42 Å². The first-order valence-electron chi connectivity index (χ1n) is 7.08. The molecule has 1 aliphatic carbocycles. The fourth-order valence-corrected chi connectivity index (χ4v) is 3.10. The Kier molecular flexibility index (Phi) is 3.74. The monoisotopic (exact) mass is 271 g/mol. The number of hydrogen-bond donors (Lipinski definition) is 1. The molecule has 0 fully saturated rings. The van der Waals surface area contributed by atoms with Crippen molar-refractivity contribution in [3.05, 3.63) is 59.4 Å². The van der Waals surface area contributed by atoms with Gasteiger partial charge in [0.25, 0.3) is 0 Å². The average molecular weight is 271 g/mol. The Hall–Kier alpha value is -1.81. The summed E-state index contributed by atoms with van der Waals surface area (Å²) in [5.41, 5.74) is 3.08. The largest absolute Gasteiger partial charge is 0.310 e. The summed E-state index contributed by atoms with van der Waals surface area (Å²) in [7, 11) is 0. The van der Waals surface area contributed by atoms with E-state index in [-0.39, 0.29) is 17.8 Å². The molecule has 104 valence electrons. The summed E-state index contributed by atoms with van der Waals surface area (Å²) in [6, 6.07) is 5.81. The predicted octanol–water partition coefficient (Wildman–Crippen LogP) is 3.00. The second kappa shape index (κ2) is 5.67. The van der Waals surface area contributed by atoms with E-state index in [1.807, 2.05) is 19.2 Å². The van der Waals surface area contributed by atoms with Gasteiger partial charge in [-0.2, -0.15) is 0 Å². The predicted molar refractivity (Wildman–Crippen MR) is 75.9 cm³/mol. The fraction of sp³-hybridized carbons (Fsp3) is 0.375. The summed E-state index contributed by atoms with van der Waals surface area (Å²) in [4.78, 5) is 8.36. The Morgan fingerprint density at radius 1 is 1.40 bits per heavy atom. The van der Waals surface area contributed by atoms with Gasteiger partial charge in [0.1, 0.15) is 5.82 Å². The summed E-state index contributed by atoms with van der Waals surface area (Å²) >= 11 is 0. The summed E-state index contributed by atoms with van der Waals surface area (Å²) in [5, 5.41) is 3.41. The van der Waals surface area contributed by atoms with Crippen molar-refractivity contribution < 1.29 is 4.39 Å². The molecule has 0 saturated heterocycles. The van der Waals surface area contributed by atoms with E-state index < -0.39 is 0 Å². The molecule has 0 spiro atoms. The third kappa shape index (κ3) is 2.31. The highest BCUT2D eigenvalue weighted by Gasteiger charge is 2.32. The number of aryl methyl sites for hydroxylation is 1. The minimum atomic E-state index is -0.247. The Labute approximate surface area is 118 Å². The lowest BCUT2D eigenvalue weighted by Crippen LogP contribution is -2.27. The van der Waals surface area contributed by atoms with Gasteiger partial charge in [-0.15, -0.1) is 0 Å². The van der Waals surface area contributed by atoms with E-state index in [4.69, 9.17) is 0 Å². The first kappa shape index (κ1) is 13.2. The molecule has 2 atom stereocenters. The third-order valence-corrected chi connectivity index (χ3v) is 3.97. The highest BCUT2D eigenvalue weighted by Crippen LogP contribution is 2.40. The second-order valence-electron chi connectivity index (χ2n) is 5.13. The number of aromatic nitrogens is 2. The molecule has 3 rings (SSSR count). The van der Waals surface area contributed by atoms with Crippen molar-refractivity contribution in [1.82, 2.24) is 15.3 Å². The van der Waals surface area contributed by atoms with Crippen LogP contribution >= 0.6 is 0 Å². The number of rotatable bonds is 4. The quantitative estimate of drug-likeness (QED) is 0.929. The Morgan fingerprint density at radius 2 is 2.30 bits per heavy atom. The molecule has 4 heteroatoms. The lowest BCUT2D eigenvalue weighted by molar-refractivity contribution is 0.428. The molecule has 0 aromatic carbocycles. The van der Waals surface area contributed by atoms with E-state index >= 15 is 0 Å². The maximum atomic E-state index is 14.1. The van der Waals surface area contributed by atoms with Crippen LogP contribution in [0.4, 0.5) is 4.39 Å². The molecule has 0 bridgehead atoms. The van der Waals surface area contributed by atoms with Crippen LogP contribution < -0.4 is 5.32 Å². The zero-order chi connectivity index (χ0) is 13.9. The minimum absolute atomic E-state index is 0.0425. The van der Waals surface area contributed by atoms with Crippen molar-refractivity contribution in [1.29, 1.82) is 0 Å². The van der Waals surface area contributed by atoms with Crippen molar-refractivity contribution >= 4 is 0 Å². The van der Waals surface area contributed by atoms with Crippen molar-refractivity contribution in [3.8, 4) is 0 Å². The van der Waals surface area contributed by atoms with Crippen molar-refractivity contribution in [3.63, 3.8) is 0 Å². The van der Waals surface area contributed by atoms with E-state index in [1.165, 1.54) is 11.8 Å². The van der Waals surface area contributed by atoms with Crippen LogP contribution in [0.1, 0.15) is 42.1 Å². The third-order valence-electron chi connectivity index (χ3n) is 3.97. The molecule has 0 aliphatic heterocycles. The van der Waals surface area contributed by atoms with Crippen LogP contribution in [0.2, 0.25) is 0 Å². The van der Waals surface area contributed by atoms with E-state index in [0.29, 0.717) is 5.56 Å². The Morgan fingerprint density at radius 3 is 3.10 bits per heavy atom. The van der Waals surface area contributed by atoms with Gasteiger partial charge < -0.3 is 5.32 Å². The van der Waals surface area contributed by atoms with Crippen molar-refractivity contribution in [2.45, 2.75) is 31.7 Å².